The Balaban J connectivity index is 1.92. The lowest BCUT2D eigenvalue weighted by atomic mass is 10.2. The molecule has 0 aliphatic rings. The fraction of sp³-hybridized carbons (Fsp3) is 0.190. The molecule has 1 N–H and O–H groups in total. The summed E-state index contributed by atoms with van der Waals surface area (Å²) in [6, 6.07) is 19.3. The lowest BCUT2D eigenvalue weighted by Gasteiger charge is -2.21. The van der Waals surface area contributed by atoms with Gasteiger partial charge >= 0.3 is 0 Å². The summed E-state index contributed by atoms with van der Waals surface area (Å²) >= 11 is 0. The van der Waals surface area contributed by atoms with Crippen LogP contribution in [-0.2, 0) is 0 Å². The van der Waals surface area contributed by atoms with E-state index in [0.717, 1.165) is 22.6 Å². The molecule has 2 aromatic carbocycles. The fourth-order valence-electron chi connectivity index (χ4n) is 2.74. The third-order valence-corrected chi connectivity index (χ3v) is 4.09. The number of benzene rings is 2. The van der Waals surface area contributed by atoms with Crippen LogP contribution in [0, 0.1) is 13.8 Å². The van der Waals surface area contributed by atoms with Gasteiger partial charge in [-0.3, -0.25) is 4.79 Å². The highest BCUT2D eigenvalue weighted by molar-refractivity contribution is 6.03. The van der Waals surface area contributed by atoms with Crippen LogP contribution in [0.5, 0.6) is 0 Å². The Morgan fingerprint density at radius 1 is 1.00 bits per heavy atom. The van der Waals surface area contributed by atoms with Gasteiger partial charge in [-0.15, -0.1) is 0 Å². The Bertz CT molecular complexity index is 909. The van der Waals surface area contributed by atoms with Gasteiger partial charge in [-0.25, -0.2) is 9.97 Å². The molecular weight excluding hydrogens is 324 g/mol. The Morgan fingerprint density at radius 2 is 1.69 bits per heavy atom. The number of carbonyl (C=O) groups is 1. The molecule has 0 saturated heterocycles. The second kappa shape index (κ2) is 7.78. The first-order chi connectivity index (χ1) is 12.6. The number of anilines is 3. The second-order valence-corrected chi connectivity index (χ2v) is 6.04. The fourth-order valence-corrected chi connectivity index (χ4v) is 2.74. The van der Waals surface area contributed by atoms with Crippen molar-refractivity contribution in [1.29, 1.82) is 0 Å². The molecule has 1 aromatic heterocycles. The molecule has 0 saturated carbocycles. The zero-order chi connectivity index (χ0) is 18.5. The van der Waals surface area contributed by atoms with Crippen molar-refractivity contribution in [3.63, 3.8) is 0 Å². The van der Waals surface area contributed by atoms with E-state index < -0.39 is 0 Å². The van der Waals surface area contributed by atoms with Gasteiger partial charge in [0.1, 0.15) is 5.69 Å². The van der Waals surface area contributed by atoms with E-state index >= 15 is 0 Å². The van der Waals surface area contributed by atoms with Gasteiger partial charge in [0.15, 0.2) is 0 Å². The summed E-state index contributed by atoms with van der Waals surface area (Å²) in [6.07, 6.45) is 0. The largest absolute Gasteiger partial charge is 0.320 e. The molecule has 132 valence electrons. The van der Waals surface area contributed by atoms with Crippen molar-refractivity contribution < 1.29 is 4.79 Å². The first-order valence-corrected chi connectivity index (χ1v) is 8.63. The monoisotopic (exact) mass is 346 g/mol. The van der Waals surface area contributed by atoms with Gasteiger partial charge in [0.05, 0.1) is 0 Å². The SMILES string of the molecule is CCN(c1ccccc1)c1nc(C)cc(C(=O)Nc2ccccc2C)n1. The molecule has 0 fully saturated rings. The number of rotatable bonds is 5. The third kappa shape index (κ3) is 3.88. The molecule has 1 amide bonds. The summed E-state index contributed by atoms with van der Waals surface area (Å²) < 4.78 is 0. The Labute approximate surface area is 153 Å². The van der Waals surface area contributed by atoms with E-state index in [0.29, 0.717) is 18.2 Å². The maximum atomic E-state index is 12.7. The molecule has 0 aliphatic heterocycles. The zero-order valence-electron chi connectivity index (χ0n) is 15.2. The minimum absolute atomic E-state index is 0.241. The Kier molecular flexibility index (Phi) is 5.27. The number of nitrogens with zero attached hydrogens (tertiary/aromatic N) is 3. The molecule has 0 atom stereocenters. The highest BCUT2D eigenvalue weighted by atomic mass is 16.1. The van der Waals surface area contributed by atoms with Crippen LogP contribution in [0.4, 0.5) is 17.3 Å². The van der Waals surface area contributed by atoms with Gasteiger partial charge in [-0.2, -0.15) is 0 Å². The molecule has 5 nitrogen and oxygen atoms in total. The number of hydrogen-bond acceptors (Lipinski definition) is 4. The number of aromatic nitrogens is 2. The lowest BCUT2D eigenvalue weighted by molar-refractivity contribution is 0.102. The van der Waals surface area contributed by atoms with E-state index in [9.17, 15) is 4.79 Å². The van der Waals surface area contributed by atoms with Crippen molar-refractivity contribution >= 4 is 23.2 Å². The number of para-hydroxylation sites is 2. The smallest absolute Gasteiger partial charge is 0.274 e. The first kappa shape index (κ1) is 17.6. The molecule has 3 rings (SSSR count). The molecule has 1 heterocycles. The minimum atomic E-state index is -0.241. The molecule has 0 radical (unpaired) electrons. The van der Waals surface area contributed by atoms with Gasteiger partial charge in [-0.05, 0) is 50.6 Å². The summed E-state index contributed by atoms with van der Waals surface area (Å²) in [5, 5.41) is 2.93. The number of hydrogen-bond donors (Lipinski definition) is 1. The first-order valence-electron chi connectivity index (χ1n) is 8.63. The van der Waals surface area contributed by atoms with Gasteiger partial charge in [0.2, 0.25) is 5.95 Å². The van der Waals surface area contributed by atoms with Crippen LogP contribution in [0.3, 0.4) is 0 Å². The Hall–Kier alpha value is -3.21. The van der Waals surface area contributed by atoms with Crippen LogP contribution in [-0.4, -0.2) is 22.4 Å². The van der Waals surface area contributed by atoms with E-state index in [-0.39, 0.29) is 5.91 Å². The molecule has 26 heavy (non-hydrogen) atoms. The summed E-state index contributed by atoms with van der Waals surface area (Å²) in [5.74, 6) is 0.281. The average molecular weight is 346 g/mol. The molecule has 5 heteroatoms. The zero-order valence-corrected chi connectivity index (χ0v) is 15.2. The minimum Gasteiger partial charge on any atom is -0.320 e. The number of aryl methyl sites for hydroxylation is 2. The van der Waals surface area contributed by atoms with Crippen molar-refractivity contribution in [1.82, 2.24) is 9.97 Å². The van der Waals surface area contributed by atoms with E-state index in [1.807, 2.05) is 80.3 Å². The van der Waals surface area contributed by atoms with Crippen LogP contribution < -0.4 is 10.2 Å². The summed E-state index contributed by atoms with van der Waals surface area (Å²) in [4.78, 5) is 23.7. The lowest BCUT2D eigenvalue weighted by Crippen LogP contribution is -2.22. The Morgan fingerprint density at radius 3 is 2.38 bits per heavy atom. The van der Waals surface area contributed by atoms with Gasteiger partial charge in [0, 0.05) is 23.6 Å². The summed E-state index contributed by atoms with van der Waals surface area (Å²) in [6.45, 7) is 6.56. The van der Waals surface area contributed by atoms with E-state index in [4.69, 9.17) is 0 Å². The maximum Gasteiger partial charge on any atom is 0.274 e. The van der Waals surface area contributed by atoms with E-state index in [1.165, 1.54) is 0 Å². The van der Waals surface area contributed by atoms with Crippen molar-refractivity contribution in [2.24, 2.45) is 0 Å². The van der Waals surface area contributed by atoms with Crippen LogP contribution in [0.1, 0.15) is 28.7 Å². The normalized spacial score (nSPS) is 10.4. The van der Waals surface area contributed by atoms with E-state index in [2.05, 4.69) is 15.3 Å². The maximum absolute atomic E-state index is 12.7. The predicted octanol–water partition coefficient (Wildman–Crippen LogP) is 4.50. The highest BCUT2D eigenvalue weighted by Gasteiger charge is 2.16. The third-order valence-electron chi connectivity index (χ3n) is 4.09. The topological polar surface area (TPSA) is 58.1 Å². The second-order valence-electron chi connectivity index (χ2n) is 6.04. The molecule has 0 unspecified atom stereocenters. The molecule has 3 aromatic rings. The van der Waals surface area contributed by atoms with Crippen LogP contribution in [0.15, 0.2) is 60.7 Å². The standard InChI is InChI=1S/C21H22N4O/c1-4-25(17-11-6-5-7-12-17)21-22-16(3)14-19(24-21)20(26)23-18-13-9-8-10-15(18)2/h5-14H,4H2,1-3H3,(H,23,26). The molecule has 0 bridgehead atoms. The molecule has 0 spiro atoms. The number of amides is 1. The van der Waals surface area contributed by atoms with E-state index in [1.54, 1.807) is 6.07 Å². The van der Waals surface area contributed by atoms with Crippen molar-refractivity contribution in [3.05, 3.63) is 77.6 Å². The predicted molar refractivity (Wildman–Crippen MR) is 105 cm³/mol. The highest BCUT2D eigenvalue weighted by Crippen LogP contribution is 2.22. The molecule has 0 aliphatic carbocycles. The summed E-state index contributed by atoms with van der Waals surface area (Å²) in [5.41, 5.74) is 3.88. The average Bonchev–Trinajstić information content (AvgIpc) is 2.65. The van der Waals surface area contributed by atoms with Crippen LogP contribution in [0.25, 0.3) is 0 Å². The van der Waals surface area contributed by atoms with Crippen molar-refractivity contribution in [2.75, 3.05) is 16.8 Å². The van der Waals surface area contributed by atoms with Crippen molar-refractivity contribution in [2.45, 2.75) is 20.8 Å². The number of carbonyl (C=O) groups excluding carboxylic acids is 1. The van der Waals surface area contributed by atoms with Gasteiger partial charge < -0.3 is 10.2 Å². The number of nitrogens with one attached hydrogen (secondary N) is 1. The van der Waals surface area contributed by atoms with Crippen LogP contribution >= 0.6 is 0 Å². The van der Waals surface area contributed by atoms with Crippen LogP contribution in [0.2, 0.25) is 0 Å². The summed E-state index contributed by atoms with van der Waals surface area (Å²) in [7, 11) is 0. The molecular formula is C21H22N4O. The van der Waals surface area contributed by atoms with Gasteiger partial charge in [-0.1, -0.05) is 36.4 Å². The van der Waals surface area contributed by atoms with Crippen molar-refractivity contribution in [3.8, 4) is 0 Å². The quantitative estimate of drug-likeness (QED) is 0.739. The van der Waals surface area contributed by atoms with Gasteiger partial charge in [0.25, 0.3) is 5.91 Å².